The van der Waals surface area contributed by atoms with Gasteiger partial charge in [-0.2, -0.15) is 5.10 Å². The summed E-state index contributed by atoms with van der Waals surface area (Å²) >= 11 is 0. The number of H-pyrrole nitrogens is 1. The highest BCUT2D eigenvalue weighted by Crippen LogP contribution is 2.32. The van der Waals surface area contributed by atoms with Crippen LogP contribution in [0.4, 0.5) is 5.69 Å². The lowest BCUT2D eigenvalue weighted by atomic mass is 10.1. The smallest absolute Gasteiger partial charge is 0.265 e. The van der Waals surface area contributed by atoms with E-state index in [0.29, 0.717) is 22.8 Å². The standard InChI is InChI=1S/C20H21N5O3S/c1-12-7-8-25-11-17(21-19(25)9-12)15-5-6-18(28-4)16(10-15)24-29(26,27)20-13(2)22-23-14(20)3/h5-11,24H,1-4H3,(H,22,23). The minimum absolute atomic E-state index is 0.133. The van der Waals surface area contributed by atoms with Crippen molar-refractivity contribution in [1.29, 1.82) is 0 Å². The van der Waals surface area contributed by atoms with Crippen molar-refractivity contribution in [2.75, 3.05) is 11.8 Å². The number of aromatic amines is 1. The SMILES string of the molecule is COc1ccc(-c2cn3ccc(C)cc3n2)cc1NS(=O)(=O)c1c(C)n[nH]c1C. The number of fused-ring (bicyclic) bond motifs is 1. The molecule has 0 saturated heterocycles. The van der Waals surface area contributed by atoms with Crippen molar-refractivity contribution in [3.8, 4) is 17.0 Å². The average Bonchev–Trinajstić information content (AvgIpc) is 3.24. The highest BCUT2D eigenvalue weighted by Gasteiger charge is 2.24. The van der Waals surface area contributed by atoms with Gasteiger partial charge in [-0.1, -0.05) is 0 Å². The van der Waals surface area contributed by atoms with Crippen molar-refractivity contribution < 1.29 is 13.2 Å². The van der Waals surface area contributed by atoms with Gasteiger partial charge in [-0.15, -0.1) is 0 Å². The predicted molar refractivity (Wildman–Crippen MR) is 111 cm³/mol. The number of pyridine rings is 1. The van der Waals surface area contributed by atoms with Crippen molar-refractivity contribution in [1.82, 2.24) is 19.6 Å². The Kier molecular flexibility index (Phi) is 4.54. The Morgan fingerprint density at radius 3 is 2.62 bits per heavy atom. The zero-order valence-electron chi connectivity index (χ0n) is 16.5. The first-order chi connectivity index (χ1) is 13.8. The number of nitrogens with zero attached hydrogens (tertiary/aromatic N) is 3. The predicted octanol–water partition coefficient (Wildman–Crippen LogP) is 3.46. The first-order valence-corrected chi connectivity index (χ1v) is 10.4. The maximum Gasteiger partial charge on any atom is 0.265 e. The maximum absolute atomic E-state index is 13.0. The molecule has 8 nitrogen and oxygen atoms in total. The van der Waals surface area contributed by atoms with Gasteiger partial charge in [-0.25, -0.2) is 13.4 Å². The molecular weight excluding hydrogens is 390 g/mol. The summed E-state index contributed by atoms with van der Waals surface area (Å²) in [4.78, 5) is 4.78. The molecular formula is C20H21N5O3S. The quantitative estimate of drug-likeness (QED) is 0.524. The number of methoxy groups -OCH3 is 1. The van der Waals surface area contributed by atoms with Crippen molar-refractivity contribution in [3.63, 3.8) is 0 Å². The van der Waals surface area contributed by atoms with E-state index in [1.54, 1.807) is 26.0 Å². The van der Waals surface area contributed by atoms with Gasteiger partial charge in [-0.05, 0) is 56.7 Å². The van der Waals surface area contributed by atoms with Crippen LogP contribution >= 0.6 is 0 Å². The number of nitrogens with one attached hydrogen (secondary N) is 2. The zero-order chi connectivity index (χ0) is 20.8. The van der Waals surface area contributed by atoms with Gasteiger partial charge in [0.2, 0.25) is 0 Å². The molecule has 0 bridgehead atoms. The topological polar surface area (TPSA) is 101 Å². The summed E-state index contributed by atoms with van der Waals surface area (Å²) in [5, 5.41) is 6.68. The molecule has 4 rings (SSSR count). The fourth-order valence-electron chi connectivity index (χ4n) is 3.30. The molecule has 3 heterocycles. The minimum atomic E-state index is -3.84. The molecule has 0 aliphatic carbocycles. The van der Waals surface area contributed by atoms with Crippen LogP contribution in [0.2, 0.25) is 0 Å². The number of rotatable bonds is 5. The molecule has 29 heavy (non-hydrogen) atoms. The maximum atomic E-state index is 13.0. The van der Waals surface area contributed by atoms with E-state index >= 15 is 0 Å². The van der Waals surface area contributed by atoms with Crippen LogP contribution in [0.5, 0.6) is 5.75 Å². The third-order valence-corrected chi connectivity index (χ3v) is 6.31. The second-order valence-electron chi connectivity index (χ2n) is 6.88. The number of sulfonamides is 1. The Bertz CT molecular complexity index is 1300. The molecule has 0 unspecified atom stereocenters. The van der Waals surface area contributed by atoms with Gasteiger partial charge < -0.3 is 9.14 Å². The van der Waals surface area contributed by atoms with Gasteiger partial charge >= 0.3 is 0 Å². The van der Waals surface area contributed by atoms with Crippen LogP contribution in [0, 0.1) is 20.8 Å². The lowest BCUT2D eigenvalue weighted by Gasteiger charge is -2.13. The van der Waals surface area contributed by atoms with E-state index in [1.807, 2.05) is 41.9 Å². The summed E-state index contributed by atoms with van der Waals surface area (Å²) < 4.78 is 35.8. The molecule has 1 aromatic carbocycles. The summed E-state index contributed by atoms with van der Waals surface area (Å²) in [5.74, 6) is 0.413. The van der Waals surface area contributed by atoms with E-state index < -0.39 is 10.0 Å². The Balaban J connectivity index is 1.77. The molecule has 0 saturated carbocycles. The summed E-state index contributed by atoms with van der Waals surface area (Å²) in [5.41, 5.74) is 4.64. The van der Waals surface area contributed by atoms with E-state index in [4.69, 9.17) is 4.74 Å². The van der Waals surface area contributed by atoms with Crippen LogP contribution in [0.25, 0.3) is 16.9 Å². The monoisotopic (exact) mass is 411 g/mol. The van der Waals surface area contributed by atoms with E-state index in [1.165, 1.54) is 7.11 Å². The number of aryl methyl sites for hydroxylation is 3. The number of anilines is 1. The molecule has 0 fully saturated rings. The first kappa shape index (κ1) is 19.0. The second kappa shape index (κ2) is 6.93. The van der Waals surface area contributed by atoms with Crippen molar-refractivity contribution in [2.24, 2.45) is 0 Å². The van der Waals surface area contributed by atoms with E-state index in [2.05, 4.69) is 19.9 Å². The Hall–Kier alpha value is -3.33. The lowest BCUT2D eigenvalue weighted by Crippen LogP contribution is -2.15. The van der Waals surface area contributed by atoms with E-state index in [0.717, 1.165) is 22.5 Å². The lowest BCUT2D eigenvalue weighted by molar-refractivity contribution is 0.417. The normalized spacial score (nSPS) is 11.7. The number of ether oxygens (including phenoxy) is 1. The highest BCUT2D eigenvalue weighted by molar-refractivity contribution is 7.92. The first-order valence-electron chi connectivity index (χ1n) is 8.96. The molecule has 0 radical (unpaired) electrons. The summed E-state index contributed by atoms with van der Waals surface area (Å²) in [6.07, 6.45) is 3.85. The molecule has 2 N–H and O–H groups in total. The van der Waals surface area contributed by atoms with Gasteiger partial charge in [0.15, 0.2) is 0 Å². The van der Waals surface area contributed by atoms with Crippen LogP contribution in [-0.2, 0) is 10.0 Å². The van der Waals surface area contributed by atoms with E-state index in [9.17, 15) is 8.42 Å². The fraction of sp³-hybridized carbons (Fsp3) is 0.200. The zero-order valence-corrected chi connectivity index (χ0v) is 17.3. The molecule has 0 atom stereocenters. The minimum Gasteiger partial charge on any atom is -0.495 e. The van der Waals surface area contributed by atoms with Crippen molar-refractivity contribution >= 4 is 21.4 Å². The Morgan fingerprint density at radius 2 is 1.93 bits per heavy atom. The van der Waals surface area contributed by atoms with Crippen molar-refractivity contribution in [2.45, 2.75) is 25.7 Å². The van der Waals surface area contributed by atoms with Crippen LogP contribution in [0.3, 0.4) is 0 Å². The van der Waals surface area contributed by atoms with Gasteiger partial charge in [0.05, 0.1) is 29.9 Å². The van der Waals surface area contributed by atoms with Crippen molar-refractivity contribution in [3.05, 3.63) is 59.7 Å². The third-order valence-electron chi connectivity index (χ3n) is 4.68. The van der Waals surface area contributed by atoms with Gasteiger partial charge in [0.1, 0.15) is 16.3 Å². The number of hydrogen-bond donors (Lipinski definition) is 2. The molecule has 0 amide bonds. The molecule has 0 aliphatic heterocycles. The van der Waals surface area contributed by atoms with E-state index in [-0.39, 0.29) is 4.90 Å². The molecule has 0 aliphatic rings. The number of benzene rings is 1. The van der Waals surface area contributed by atoms with Crippen LogP contribution in [0.15, 0.2) is 47.6 Å². The van der Waals surface area contributed by atoms with Crippen LogP contribution in [0.1, 0.15) is 17.0 Å². The Labute approximate surface area is 168 Å². The summed E-state index contributed by atoms with van der Waals surface area (Å²) in [7, 11) is -2.35. The second-order valence-corrected chi connectivity index (χ2v) is 8.50. The third kappa shape index (κ3) is 3.44. The molecule has 150 valence electrons. The molecule has 0 spiro atoms. The average molecular weight is 411 g/mol. The van der Waals surface area contributed by atoms with Crippen LogP contribution < -0.4 is 9.46 Å². The fourth-order valence-corrected chi connectivity index (χ4v) is 4.74. The summed E-state index contributed by atoms with van der Waals surface area (Å²) in [6.45, 7) is 5.32. The molecule has 3 aromatic heterocycles. The molecule has 4 aromatic rings. The Morgan fingerprint density at radius 1 is 1.14 bits per heavy atom. The summed E-state index contributed by atoms with van der Waals surface area (Å²) in [6, 6.07) is 9.27. The number of hydrogen-bond acceptors (Lipinski definition) is 5. The number of aromatic nitrogens is 4. The van der Waals surface area contributed by atoms with Gasteiger partial charge in [0, 0.05) is 18.0 Å². The van der Waals surface area contributed by atoms with Crippen LogP contribution in [-0.4, -0.2) is 35.1 Å². The molecule has 9 heteroatoms. The van der Waals surface area contributed by atoms with Gasteiger partial charge in [0.25, 0.3) is 10.0 Å². The highest BCUT2D eigenvalue weighted by atomic mass is 32.2. The largest absolute Gasteiger partial charge is 0.495 e. The van der Waals surface area contributed by atoms with Gasteiger partial charge in [-0.3, -0.25) is 9.82 Å². The number of imidazole rings is 1.